The molecule has 0 spiro atoms. The first-order chi connectivity index (χ1) is 7.17. The summed E-state index contributed by atoms with van der Waals surface area (Å²) in [5.41, 5.74) is 1.96. The SMILES string of the molecule is Cc1ccc(Cl)cc1NC(CO)CCO. The highest BCUT2D eigenvalue weighted by Gasteiger charge is 2.08. The van der Waals surface area contributed by atoms with Crippen LogP contribution in [0.25, 0.3) is 0 Å². The quantitative estimate of drug-likeness (QED) is 0.722. The van der Waals surface area contributed by atoms with Crippen LogP contribution in [0.3, 0.4) is 0 Å². The Morgan fingerprint density at radius 2 is 2.13 bits per heavy atom. The van der Waals surface area contributed by atoms with Crippen molar-refractivity contribution in [2.24, 2.45) is 0 Å². The summed E-state index contributed by atoms with van der Waals surface area (Å²) in [5, 5.41) is 21.7. The molecule has 0 heterocycles. The Morgan fingerprint density at radius 1 is 1.40 bits per heavy atom. The molecule has 15 heavy (non-hydrogen) atoms. The molecular weight excluding hydrogens is 214 g/mol. The maximum Gasteiger partial charge on any atom is 0.0633 e. The van der Waals surface area contributed by atoms with Gasteiger partial charge >= 0.3 is 0 Å². The van der Waals surface area contributed by atoms with Crippen molar-refractivity contribution < 1.29 is 10.2 Å². The van der Waals surface area contributed by atoms with Crippen LogP contribution in [0.15, 0.2) is 18.2 Å². The first-order valence-corrected chi connectivity index (χ1v) is 5.29. The molecule has 84 valence electrons. The summed E-state index contributed by atoms with van der Waals surface area (Å²) in [5.74, 6) is 0. The van der Waals surface area contributed by atoms with Crippen LogP contribution >= 0.6 is 11.6 Å². The third-order valence-corrected chi connectivity index (χ3v) is 2.49. The van der Waals surface area contributed by atoms with Crippen molar-refractivity contribution >= 4 is 17.3 Å². The van der Waals surface area contributed by atoms with Gasteiger partial charge in [0.1, 0.15) is 0 Å². The minimum Gasteiger partial charge on any atom is -0.396 e. The van der Waals surface area contributed by atoms with Gasteiger partial charge in [0.05, 0.1) is 12.6 Å². The Kier molecular flexibility index (Phi) is 4.88. The second-order valence-corrected chi connectivity index (χ2v) is 3.93. The van der Waals surface area contributed by atoms with Crippen LogP contribution in [0.2, 0.25) is 5.02 Å². The highest BCUT2D eigenvalue weighted by molar-refractivity contribution is 6.30. The summed E-state index contributed by atoms with van der Waals surface area (Å²) >= 11 is 5.87. The van der Waals surface area contributed by atoms with E-state index in [1.54, 1.807) is 0 Å². The summed E-state index contributed by atoms with van der Waals surface area (Å²) < 4.78 is 0. The number of hydrogen-bond donors (Lipinski definition) is 3. The van der Waals surface area contributed by atoms with E-state index in [4.69, 9.17) is 21.8 Å². The molecule has 1 rings (SSSR count). The summed E-state index contributed by atoms with van der Waals surface area (Å²) in [6.07, 6.45) is 0.516. The Labute approximate surface area is 94.7 Å². The number of hydrogen-bond acceptors (Lipinski definition) is 3. The molecule has 0 saturated carbocycles. The van der Waals surface area contributed by atoms with Gasteiger partial charge in [-0.05, 0) is 31.0 Å². The monoisotopic (exact) mass is 229 g/mol. The average Bonchev–Trinajstić information content (AvgIpc) is 2.22. The van der Waals surface area contributed by atoms with Crippen LogP contribution in [0.4, 0.5) is 5.69 Å². The van der Waals surface area contributed by atoms with E-state index in [0.29, 0.717) is 11.4 Å². The van der Waals surface area contributed by atoms with Gasteiger partial charge in [-0.2, -0.15) is 0 Å². The molecule has 4 heteroatoms. The van der Waals surface area contributed by atoms with Gasteiger partial charge in [0, 0.05) is 17.3 Å². The van der Waals surface area contributed by atoms with Crippen LogP contribution in [0, 0.1) is 6.92 Å². The topological polar surface area (TPSA) is 52.5 Å². The highest BCUT2D eigenvalue weighted by atomic mass is 35.5. The summed E-state index contributed by atoms with van der Waals surface area (Å²) in [4.78, 5) is 0. The molecular formula is C11H16ClNO2. The zero-order chi connectivity index (χ0) is 11.3. The minimum atomic E-state index is -0.132. The van der Waals surface area contributed by atoms with Gasteiger partial charge in [-0.1, -0.05) is 17.7 Å². The van der Waals surface area contributed by atoms with Crippen LogP contribution in [-0.4, -0.2) is 29.5 Å². The molecule has 0 bridgehead atoms. The second kappa shape index (κ2) is 5.95. The van der Waals surface area contributed by atoms with E-state index in [1.807, 2.05) is 25.1 Å². The Morgan fingerprint density at radius 3 is 2.73 bits per heavy atom. The molecule has 0 aliphatic rings. The molecule has 0 fully saturated rings. The smallest absolute Gasteiger partial charge is 0.0633 e. The number of benzene rings is 1. The van der Waals surface area contributed by atoms with E-state index in [0.717, 1.165) is 11.3 Å². The van der Waals surface area contributed by atoms with Gasteiger partial charge < -0.3 is 15.5 Å². The number of anilines is 1. The molecule has 0 radical (unpaired) electrons. The average molecular weight is 230 g/mol. The van der Waals surface area contributed by atoms with E-state index < -0.39 is 0 Å². The van der Waals surface area contributed by atoms with E-state index in [-0.39, 0.29) is 19.3 Å². The van der Waals surface area contributed by atoms with Crippen molar-refractivity contribution in [2.45, 2.75) is 19.4 Å². The van der Waals surface area contributed by atoms with Crippen LogP contribution in [-0.2, 0) is 0 Å². The first-order valence-electron chi connectivity index (χ1n) is 4.91. The summed E-state index contributed by atoms with van der Waals surface area (Å²) in [7, 11) is 0. The number of nitrogens with one attached hydrogen (secondary N) is 1. The fourth-order valence-electron chi connectivity index (χ4n) is 1.33. The second-order valence-electron chi connectivity index (χ2n) is 3.50. The molecule has 1 atom stereocenters. The predicted octanol–water partition coefficient (Wildman–Crippen LogP) is 1.80. The van der Waals surface area contributed by atoms with Crippen LogP contribution in [0.5, 0.6) is 0 Å². The number of rotatable bonds is 5. The molecule has 0 aliphatic carbocycles. The van der Waals surface area contributed by atoms with E-state index in [2.05, 4.69) is 5.32 Å². The van der Waals surface area contributed by atoms with Crippen molar-refractivity contribution in [2.75, 3.05) is 18.5 Å². The molecule has 3 nitrogen and oxygen atoms in total. The fraction of sp³-hybridized carbons (Fsp3) is 0.455. The highest BCUT2D eigenvalue weighted by Crippen LogP contribution is 2.21. The summed E-state index contributed by atoms with van der Waals surface area (Å²) in [6, 6.07) is 5.42. The normalized spacial score (nSPS) is 12.5. The number of aryl methyl sites for hydroxylation is 1. The Balaban J connectivity index is 2.73. The Bertz CT molecular complexity index is 317. The van der Waals surface area contributed by atoms with Crippen molar-refractivity contribution in [1.29, 1.82) is 0 Å². The fourth-order valence-corrected chi connectivity index (χ4v) is 1.51. The molecule has 1 aromatic rings. The molecule has 1 unspecified atom stereocenters. The molecule has 1 aromatic carbocycles. The van der Waals surface area contributed by atoms with Crippen molar-refractivity contribution in [1.82, 2.24) is 0 Å². The molecule has 3 N–H and O–H groups in total. The standard InChI is InChI=1S/C11H16ClNO2/c1-8-2-3-9(12)6-11(8)13-10(7-15)4-5-14/h2-3,6,10,13-15H,4-5,7H2,1H3. The third-order valence-electron chi connectivity index (χ3n) is 2.26. The molecule has 0 saturated heterocycles. The zero-order valence-corrected chi connectivity index (χ0v) is 9.46. The van der Waals surface area contributed by atoms with Gasteiger partial charge in [0.15, 0.2) is 0 Å². The number of aliphatic hydroxyl groups excluding tert-OH is 2. The largest absolute Gasteiger partial charge is 0.396 e. The van der Waals surface area contributed by atoms with Gasteiger partial charge in [0.25, 0.3) is 0 Å². The van der Waals surface area contributed by atoms with Crippen LogP contribution < -0.4 is 5.32 Å². The van der Waals surface area contributed by atoms with Gasteiger partial charge in [-0.15, -0.1) is 0 Å². The first kappa shape index (κ1) is 12.3. The maximum absolute atomic E-state index is 9.07. The minimum absolute atomic E-state index is 0.00743. The maximum atomic E-state index is 9.07. The molecule has 0 aromatic heterocycles. The number of halogens is 1. The zero-order valence-electron chi connectivity index (χ0n) is 8.70. The van der Waals surface area contributed by atoms with Crippen molar-refractivity contribution in [3.63, 3.8) is 0 Å². The lowest BCUT2D eigenvalue weighted by molar-refractivity contribution is 0.229. The lowest BCUT2D eigenvalue weighted by atomic mass is 10.1. The van der Waals surface area contributed by atoms with Gasteiger partial charge in [-0.25, -0.2) is 0 Å². The van der Waals surface area contributed by atoms with E-state index in [1.165, 1.54) is 0 Å². The van der Waals surface area contributed by atoms with E-state index >= 15 is 0 Å². The molecule has 0 amide bonds. The third kappa shape index (κ3) is 3.70. The van der Waals surface area contributed by atoms with E-state index in [9.17, 15) is 0 Å². The van der Waals surface area contributed by atoms with Crippen LogP contribution in [0.1, 0.15) is 12.0 Å². The number of aliphatic hydroxyl groups is 2. The van der Waals surface area contributed by atoms with Crippen molar-refractivity contribution in [3.05, 3.63) is 28.8 Å². The lowest BCUT2D eigenvalue weighted by Crippen LogP contribution is -2.25. The van der Waals surface area contributed by atoms with Gasteiger partial charge in [0.2, 0.25) is 0 Å². The Hall–Kier alpha value is -0.770. The predicted molar refractivity (Wildman–Crippen MR) is 62.4 cm³/mol. The molecule has 0 aliphatic heterocycles. The van der Waals surface area contributed by atoms with Gasteiger partial charge in [-0.3, -0.25) is 0 Å². The summed E-state index contributed by atoms with van der Waals surface area (Å²) in [6.45, 7) is 2.01. The van der Waals surface area contributed by atoms with Crippen molar-refractivity contribution in [3.8, 4) is 0 Å². The lowest BCUT2D eigenvalue weighted by Gasteiger charge is -2.18.